The number of carbonyl (C=O) groups is 1. The van der Waals surface area contributed by atoms with Crippen LogP contribution in [0.15, 0.2) is 53.4 Å². The van der Waals surface area contributed by atoms with Crippen molar-refractivity contribution < 1.29 is 13.2 Å². The molecule has 0 bridgehead atoms. The highest BCUT2D eigenvalue weighted by molar-refractivity contribution is 7.90. The molecule has 0 aliphatic heterocycles. The number of rotatable bonds is 4. The maximum atomic E-state index is 12.3. The third-order valence-corrected chi connectivity index (χ3v) is 5.68. The van der Waals surface area contributed by atoms with E-state index in [2.05, 4.69) is 23.5 Å². The molecule has 1 aliphatic carbocycles. The van der Waals surface area contributed by atoms with Crippen LogP contribution < -0.4 is 5.32 Å². The molecule has 0 aromatic heterocycles. The first-order chi connectivity index (χ1) is 11.4. The predicted octanol–water partition coefficient (Wildman–Crippen LogP) is 2.94. The number of aryl methyl sites for hydroxylation is 1. The van der Waals surface area contributed by atoms with Gasteiger partial charge < -0.3 is 5.32 Å². The van der Waals surface area contributed by atoms with E-state index in [-0.39, 0.29) is 10.8 Å². The molecule has 3 rings (SSSR count). The quantitative estimate of drug-likeness (QED) is 0.928. The lowest BCUT2D eigenvalue weighted by molar-refractivity contribution is 0.0950. The van der Waals surface area contributed by atoms with Crippen molar-refractivity contribution in [1.29, 1.82) is 0 Å². The van der Waals surface area contributed by atoms with Crippen molar-refractivity contribution in [2.45, 2.75) is 30.1 Å². The van der Waals surface area contributed by atoms with Crippen molar-refractivity contribution in [3.8, 4) is 0 Å². The molecular weight excluding hydrogens is 322 g/mol. The molecule has 0 fully saturated rings. The second-order valence-electron chi connectivity index (χ2n) is 6.29. The number of nitrogens with one attached hydrogen (secondary N) is 1. The Bertz CT molecular complexity index is 841. The molecule has 5 heteroatoms. The molecule has 0 heterocycles. The number of carbonyl (C=O) groups excluding carboxylic acids is 1. The topological polar surface area (TPSA) is 63.2 Å². The van der Waals surface area contributed by atoms with Crippen LogP contribution in [0.2, 0.25) is 0 Å². The highest BCUT2D eigenvalue weighted by atomic mass is 32.2. The lowest BCUT2D eigenvalue weighted by Gasteiger charge is -2.25. The number of hydrogen-bond donors (Lipinski definition) is 1. The van der Waals surface area contributed by atoms with Gasteiger partial charge in [-0.2, -0.15) is 0 Å². The SMILES string of the molecule is CS(=O)(=O)c1ccc(C(=O)NC[C@@H]2CCCc3ccccc32)cc1. The summed E-state index contributed by atoms with van der Waals surface area (Å²) in [5.41, 5.74) is 3.18. The second kappa shape index (κ2) is 6.77. The molecule has 2 aromatic rings. The average Bonchev–Trinajstić information content (AvgIpc) is 2.59. The molecule has 0 spiro atoms. The van der Waals surface area contributed by atoms with E-state index in [1.165, 1.54) is 23.3 Å². The van der Waals surface area contributed by atoms with Crippen molar-refractivity contribution in [1.82, 2.24) is 5.32 Å². The maximum absolute atomic E-state index is 12.3. The first kappa shape index (κ1) is 16.7. The van der Waals surface area contributed by atoms with Crippen LogP contribution in [0.5, 0.6) is 0 Å². The van der Waals surface area contributed by atoms with Gasteiger partial charge in [0.25, 0.3) is 5.91 Å². The van der Waals surface area contributed by atoms with E-state index < -0.39 is 9.84 Å². The summed E-state index contributed by atoms with van der Waals surface area (Å²) in [6, 6.07) is 14.5. The first-order valence-electron chi connectivity index (χ1n) is 8.11. The average molecular weight is 343 g/mol. The minimum atomic E-state index is -3.24. The van der Waals surface area contributed by atoms with Gasteiger partial charge in [-0.3, -0.25) is 4.79 Å². The number of amides is 1. The van der Waals surface area contributed by atoms with E-state index in [9.17, 15) is 13.2 Å². The van der Waals surface area contributed by atoms with Crippen LogP contribution in [0.1, 0.15) is 40.2 Å². The lowest BCUT2D eigenvalue weighted by atomic mass is 9.83. The van der Waals surface area contributed by atoms with Crippen molar-refractivity contribution >= 4 is 15.7 Å². The van der Waals surface area contributed by atoms with Crippen molar-refractivity contribution in [2.24, 2.45) is 0 Å². The number of sulfone groups is 1. The van der Waals surface area contributed by atoms with Crippen LogP contribution in [0, 0.1) is 0 Å². The van der Waals surface area contributed by atoms with E-state index in [1.54, 1.807) is 12.1 Å². The second-order valence-corrected chi connectivity index (χ2v) is 8.31. The molecule has 4 nitrogen and oxygen atoms in total. The minimum Gasteiger partial charge on any atom is -0.351 e. The first-order valence-corrected chi connectivity index (χ1v) is 10.0. The molecule has 0 radical (unpaired) electrons. The third kappa shape index (κ3) is 3.67. The van der Waals surface area contributed by atoms with E-state index in [0.29, 0.717) is 18.0 Å². The number of benzene rings is 2. The zero-order valence-electron chi connectivity index (χ0n) is 13.7. The molecule has 24 heavy (non-hydrogen) atoms. The molecule has 1 atom stereocenters. The van der Waals surface area contributed by atoms with E-state index in [1.807, 2.05) is 6.07 Å². The Morgan fingerprint density at radius 1 is 1.12 bits per heavy atom. The van der Waals surface area contributed by atoms with Gasteiger partial charge in [-0.15, -0.1) is 0 Å². The van der Waals surface area contributed by atoms with Crippen LogP contribution in [-0.4, -0.2) is 27.1 Å². The summed E-state index contributed by atoms with van der Waals surface area (Å²) < 4.78 is 22.9. The molecule has 0 unspecified atom stereocenters. The highest BCUT2D eigenvalue weighted by Crippen LogP contribution is 2.30. The predicted molar refractivity (Wildman–Crippen MR) is 94.0 cm³/mol. The Labute approximate surface area is 142 Å². The molecule has 0 saturated carbocycles. The largest absolute Gasteiger partial charge is 0.351 e. The molecule has 1 amide bonds. The smallest absolute Gasteiger partial charge is 0.251 e. The molecule has 2 aromatic carbocycles. The van der Waals surface area contributed by atoms with Gasteiger partial charge in [0.1, 0.15) is 0 Å². The number of hydrogen-bond acceptors (Lipinski definition) is 3. The zero-order valence-corrected chi connectivity index (χ0v) is 14.5. The van der Waals surface area contributed by atoms with Crippen LogP contribution in [0.25, 0.3) is 0 Å². The van der Waals surface area contributed by atoms with Gasteiger partial charge in [-0.1, -0.05) is 24.3 Å². The molecule has 1 aliphatic rings. The van der Waals surface area contributed by atoms with Gasteiger partial charge in [0.05, 0.1) is 4.90 Å². The Morgan fingerprint density at radius 2 is 1.83 bits per heavy atom. The third-order valence-electron chi connectivity index (χ3n) is 4.55. The fourth-order valence-corrected chi connectivity index (χ4v) is 3.87. The monoisotopic (exact) mass is 343 g/mol. The van der Waals surface area contributed by atoms with Crippen LogP contribution in [-0.2, 0) is 16.3 Å². The number of fused-ring (bicyclic) bond motifs is 1. The summed E-state index contributed by atoms with van der Waals surface area (Å²) >= 11 is 0. The van der Waals surface area contributed by atoms with Gasteiger partial charge >= 0.3 is 0 Å². The van der Waals surface area contributed by atoms with Crippen molar-refractivity contribution in [3.63, 3.8) is 0 Å². The van der Waals surface area contributed by atoms with E-state index in [4.69, 9.17) is 0 Å². The zero-order chi connectivity index (χ0) is 17.2. The maximum Gasteiger partial charge on any atom is 0.251 e. The summed E-state index contributed by atoms with van der Waals surface area (Å²) in [5.74, 6) is 0.173. The Kier molecular flexibility index (Phi) is 4.71. The Balaban J connectivity index is 1.66. The normalized spacial score (nSPS) is 17.1. The van der Waals surface area contributed by atoms with Gasteiger partial charge in [0.2, 0.25) is 0 Å². The minimum absolute atomic E-state index is 0.168. The van der Waals surface area contributed by atoms with Gasteiger partial charge in [-0.25, -0.2) is 8.42 Å². The molecule has 0 saturated heterocycles. The molecule has 126 valence electrons. The van der Waals surface area contributed by atoms with Crippen LogP contribution in [0.3, 0.4) is 0 Å². The molecule has 1 N–H and O–H groups in total. The lowest BCUT2D eigenvalue weighted by Crippen LogP contribution is -2.29. The summed E-state index contributed by atoms with van der Waals surface area (Å²) in [4.78, 5) is 12.5. The molecular formula is C19H21NO3S. The Hall–Kier alpha value is -2.14. The van der Waals surface area contributed by atoms with Gasteiger partial charge in [0.15, 0.2) is 9.84 Å². The summed E-state index contributed by atoms with van der Waals surface area (Å²) in [5, 5.41) is 2.98. The Morgan fingerprint density at radius 3 is 2.54 bits per heavy atom. The van der Waals surface area contributed by atoms with Gasteiger partial charge in [-0.05, 0) is 54.7 Å². The van der Waals surface area contributed by atoms with Gasteiger partial charge in [0, 0.05) is 24.3 Å². The van der Waals surface area contributed by atoms with E-state index >= 15 is 0 Å². The summed E-state index contributed by atoms with van der Waals surface area (Å²) in [6.45, 7) is 0.601. The summed E-state index contributed by atoms with van der Waals surface area (Å²) in [6.07, 6.45) is 4.47. The van der Waals surface area contributed by atoms with E-state index in [0.717, 1.165) is 25.5 Å². The van der Waals surface area contributed by atoms with Crippen molar-refractivity contribution in [3.05, 3.63) is 65.2 Å². The summed E-state index contributed by atoms with van der Waals surface area (Å²) in [7, 11) is -3.24. The van der Waals surface area contributed by atoms with Crippen LogP contribution >= 0.6 is 0 Å². The van der Waals surface area contributed by atoms with Crippen molar-refractivity contribution in [2.75, 3.05) is 12.8 Å². The highest BCUT2D eigenvalue weighted by Gasteiger charge is 2.20. The fraction of sp³-hybridized carbons (Fsp3) is 0.316. The fourth-order valence-electron chi connectivity index (χ4n) is 3.24. The van der Waals surface area contributed by atoms with Crippen LogP contribution in [0.4, 0.5) is 0 Å². The standard InChI is InChI=1S/C19H21NO3S/c1-24(22,23)17-11-9-15(10-12-17)19(21)20-13-16-7-4-6-14-5-2-3-8-18(14)16/h2-3,5,8-12,16H,4,6-7,13H2,1H3,(H,20,21)/t16-/m0/s1.